The number of nitrogens with zero attached hydrogens (tertiary/aromatic N) is 2. The van der Waals surface area contributed by atoms with E-state index in [4.69, 9.17) is 0 Å². The summed E-state index contributed by atoms with van der Waals surface area (Å²) in [5.41, 5.74) is 6.58. The molecule has 0 saturated carbocycles. The van der Waals surface area contributed by atoms with E-state index in [1.54, 1.807) is 6.20 Å². The molecule has 3 rings (SSSR count). The summed E-state index contributed by atoms with van der Waals surface area (Å²) in [5.74, 6) is -0.127. The first-order valence-corrected chi connectivity index (χ1v) is 7.96. The molecular weight excluding hydrogens is 298 g/mol. The van der Waals surface area contributed by atoms with Gasteiger partial charge in [0.15, 0.2) is 0 Å². The highest BCUT2D eigenvalue weighted by atomic mass is 16.1. The molecule has 2 heterocycles. The van der Waals surface area contributed by atoms with Gasteiger partial charge in [0, 0.05) is 18.1 Å². The summed E-state index contributed by atoms with van der Waals surface area (Å²) in [7, 11) is 0. The van der Waals surface area contributed by atoms with E-state index < -0.39 is 0 Å². The maximum absolute atomic E-state index is 12.8. The zero-order valence-electron chi connectivity index (χ0n) is 14.4. The Morgan fingerprint density at radius 2 is 1.75 bits per heavy atom. The number of amides is 1. The Morgan fingerprint density at radius 1 is 1.04 bits per heavy atom. The SMILES string of the molecule is Cc1cc(C)c(NC(=O)c2cccn2-c2cccnc2C)c(C)c1. The number of benzene rings is 1. The fourth-order valence-electron chi connectivity index (χ4n) is 3.06. The van der Waals surface area contributed by atoms with Gasteiger partial charge in [0.05, 0.1) is 11.4 Å². The van der Waals surface area contributed by atoms with E-state index in [-0.39, 0.29) is 5.91 Å². The summed E-state index contributed by atoms with van der Waals surface area (Å²) >= 11 is 0. The lowest BCUT2D eigenvalue weighted by Crippen LogP contribution is -2.18. The van der Waals surface area contributed by atoms with E-state index in [0.717, 1.165) is 28.2 Å². The van der Waals surface area contributed by atoms with Gasteiger partial charge in [-0.25, -0.2) is 0 Å². The van der Waals surface area contributed by atoms with Gasteiger partial charge < -0.3 is 9.88 Å². The Balaban J connectivity index is 1.96. The van der Waals surface area contributed by atoms with Crippen LogP contribution >= 0.6 is 0 Å². The van der Waals surface area contributed by atoms with Crippen molar-refractivity contribution in [2.45, 2.75) is 27.7 Å². The number of anilines is 1. The third kappa shape index (κ3) is 2.95. The molecule has 0 bridgehead atoms. The van der Waals surface area contributed by atoms with Gasteiger partial charge in [-0.15, -0.1) is 0 Å². The highest BCUT2D eigenvalue weighted by Gasteiger charge is 2.15. The number of aryl methyl sites for hydroxylation is 4. The van der Waals surface area contributed by atoms with Crippen molar-refractivity contribution in [3.63, 3.8) is 0 Å². The highest BCUT2D eigenvalue weighted by molar-refractivity contribution is 6.04. The molecule has 3 aromatic rings. The van der Waals surface area contributed by atoms with E-state index >= 15 is 0 Å². The third-order valence-corrected chi connectivity index (χ3v) is 4.14. The molecule has 0 unspecified atom stereocenters. The second kappa shape index (κ2) is 6.32. The first-order valence-electron chi connectivity index (χ1n) is 7.96. The lowest BCUT2D eigenvalue weighted by Gasteiger charge is -2.15. The van der Waals surface area contributed by atoms with Gasteiger partial charge in [-0.05, 0) is 63.1 Å². The first-order chi connectivity index (χ1) is 11.5. The Morgan fingerprint density at radius 3 is 2.42 bits per heavy atom. The molecule has 0 spiro atoms. The summed E-state index contributed by atoms with van der Waals surface area (Å²) < 4.78 is 1.87. The van der Waals surface area contributed by atoms with Crippen LogP contribution in [0.25, 0.3) is 5.69 Å². The average Bonchev–Trinajstić information content (AvgIpc) is 3.00. The Kier molecular flexibility index (Phi) is 4.21. The molecule has 24 heavy (non-hydrogen) atoms. The minimum atomic E-state index is -0.127. The van der Waals surface area contributed by atoms with Crippen LogP contribution in [-0.4, -0.2) is 15.5 Å². The van der Waals surface area contributed by atoms with Crippen LogP contribution in [0.2, 0.25) is 0 Å². The zero-order valence-corrected chi connectivity index (χ0v) is 14.4. The number of aromatic nitrogens is 2. The molecule has 1 N–H and O–H groups in total. The van der Waals surface area contributed by atoms with E-state index in [2.05, 4.69) is 29.4 Å². The van der Waals surface area contributed by atoms with Crippen LogP contribution in [-0.2, 0) is 0 Å². The predicted molar refractivity (Wildman–Crippen MR) is 96.9 cm³/mol. The smallest absolute Gasteiger partial charge is 0.272 e. The highest BCUT2D eigenvalue weighted by Crippen LogP contribution is 2.23. The van der Waals surface area contributed by atoms with E-state index in [1.807, 2.05) is 55.8 Å². The monoisotopic (exact) mass is 319 g/mol. The molecule has 0 fully saturated rings. The Labute approximate surface area is 142 Å². The lowest BCUT2D eigenvalue weighted by atomic mass is 10.0. The van der Waals surface area contributed by atoms with Crippen LogP contribution in [0.15, 0.2) is 48.8 Å². The van der Waals surface area contributed by atoms with Crippen LogP contribution in [0.4, 0.5) is 5.69 Å². The van der Waals surface area contributed by atoms with Gasteiger partial charge in [0.1, 0.15) is 5.69 Å². The standard InChI is InChI=1S/C20H21N3O/c1-13-11-14(2)19(15(3)12-13)22-20(24)18-8-6-10-23(18)17-7-5-9-21-16(17)4/h5-12H,1-4H3,(H,22,24). The zero-order chi connectivity index (χ0) is 17.3. The second-order valence-corrected chi connectivity index (χ2v) is 6.10. The molecule has 0 atom stereocenters. The molecule has 0 aliphatic rings. The minimum absolute atomic E-state index is 0.127. The van der Waals surface area contributed by atoms with Crippen LogP contribution in [0.3, 0.4) is 0 Å². The number of hydrogen-bond donors (Lipinski definition) is 1. The minimum Gasteiger partial charge on any atom is -0.320 e. The summed E-state index contributed by atoms with van der Waals surface area (Å²) in [6, 6.07) is 11.7. The van der Waals surface area contributed by atoms with Crippen LogP contribution in [0.1, 0.15) is 32.9 Å². The van der Waals surface area contributed by atoms with Crippen molar-refractivity contribution in [1.29, 1.82) is 0 Å². The largest absolute Gasteiger partial charge is 0.320 e. The Bertz CT molecular complexity index is 886. The predicted octanol–water partition coefficient (Wildman–Crippen LogP) is 4.36. The quantitative estimate of drug-likeness (QED) is 0.780. The molecular formula is C20H21N3O. The number of pyridine rings is 1. The van der Waals surface area contributed by atoms with Crippen molar-refractivity contribution in [3.05, 3.63) is 76.9 Å². The van der Waals surface area contributed by atoms with E-state index in [1.165, 1.54) is 5.56 Å². The summed E-state index contributed by atoms with van der Waals surface area (Å²) in [4.78, 5) is 17.1. The number of nitrogens with one attached hydrogen (secondary N) is 1. The van der Waals surface area contributed by atoms with E-state index in [9.17, 15) is 4.79 Å². The van der Waals surface area contributed by atoms with Gasteiger partial charge >= 0.3 is 0 Å². The Hall–Kier alpha value is -2.88. The van der Waals surface area contributed by atoms with Gasteiger partial charge in [0.25, 0.3) is 5.91 Å². The first kappa shape index (κ1) is 16.0. The molecule has 1 aromatic carbocycles. The van der Waals surface area contributed by atoms with Gasteiger partial charge in [-0.1, -0.05) is 17.7 Å². The molecule has 4 heteroatoms. The molecule has 1 amide bonds. The number of carbonyl (C=O) groups excluding carboxylic acids is 1. The van der Waals surface area contributed by atoms with Gasteiger partial charge in [-0.2, -0.15) is 0 Å². The van der Waals surface area contributed by atoms with Crippen molar-refractivity contribution < 1.29 is 4.79 Å². The van der Waals surface area contributed by atoms with Crippen LogP contribution in [0.5, 0.6) is 0 Å². The van der Waals surface area contributed by atoms with Crippen LogP contribution in [0, 0.1) is 27.7 Å². The number of carbonyl (C=O) groups is 1. The number of rotatable bonds is 3. The second-order valence-electron chi connectivity index (χ2n) is 6.10. The fraction of sp³-hybridized carbons (Fsp3) is 0.200. The van der Waals surface area contributed by atoms with Crippen molar-refractivity contribution >= 4 is 11.6 Å². The molecule has 122 valence electrons. The summed E-state index contributed by atoms with van der Waals surface area (Å²) in [5, 5.41) is 3.06. The van der Waals surface area contributed by atoms with Crippen molar-refractivity contribution in [2.24, 2.45) is 0 Å². The number of hydrogen-bond acceptors (Lipinski definition) is 2. The normalized spacial score (nSPS) is 10.7. The molecule has 0 aliphatic carbocycles. The van der Waals surface area contributed by atoms with Gasteiger partial charge in [-0.3, -0.25) is 9.78 Å². The maximum Gasteiger partial charge on any atom is 0.272 e. The van der Waals surface area contributed by atoms with Crippen molar-refractivity contribution in [1.82, 2.24) is 9.55 Å². The van der Waals surface area contributed by atoms with Gasteiger partial charge in [0.2, 0.25) is 0 Å². The summed E-state index contributed by atoms with van der Waals surface area (Å²) in [6.45, 7) is 8.02. The molecule has 2 aromatic heterocycles. The average molecular weight is 319 g/mol. The van der Waals surface area contributed by atoms with Crippen LogP contribution < -0.4 is 5.32 Å². The van der Waals surface area contributed by atoms with E-state index in [0.29, 0.717) is 5.69 Å². The topological polar surface area (TPSA) is 46.9 Å². The molecule has 0 saturated heterocycles. The molecule has 0 radical (unpaired) electrons. The lowest BCUT2D eigenvalue weighted by molar-refractivity contribution is 0.102. The summed E-state index contributed by atoms with van der Waals surface area (Å²) in [6.07, 6.45) is 3.63. The van der Waals surface area contributed by atoms with Crippen molar-refractivity contribution in [3.8, 4) is 5.69 Å². The molecule has 4 nitrogen and oxygen atoms in total. The molecule has 0 aliphatic heterocycles. The maximum atomic E-state index is 12.8. The van der Waals surface area contributed by atoms with Crippen molar-refractivity contribution in [2.75, 3.05) is 5.32 Å². The fourth-order valence-corrected chi connectivity index (χ4v) is 3.06. The third-order valence-electron chi connectivity index (χ3n) is 4.14.